The van der Waals surface area contributed by atoms with E-state index in [2.05, 4.69) is 20.8 Å². The molecule has 11 heteroatoms. The first kappa shape index (κ1) is 27.1. The Hall–Kier alpha value is -3.99. The van der Waals surface area contributed by atoms with Gasteiger partial charge in [-0.3, -0.25) is 14.8 Å². The molecule has 0 aliphatic carbocycles. The van der Waals surface area contributed by atoms with Crippen molar-refractivity contribution in [3.63, 3.8) is 0 Å². The van der Waals surface area contributed by atoms with Crippen LogP contribution in [0.3, 0.4) is 0 Å². The summed E-state index contributed by atoms with van der Waals surface area (Å²) in [6.45, 7) is 4.20. The first-order valence-corrected chi connectivity index (χ1v) is 12.5. The molecule has 4 rings (SSSR count). The predicted molar refractivity (Wildman–Crippen MR) is 138 cm³/mol. The fourth-order valence-electron chi connectivity index (χ4n) is 4.31. The molecule has 0 saturated carbocycles. The van der Waals surface area contributed by atoms with Crippen LogP contribution >= 0.6 is 0 Å². The van der Waals surface area contributed by atoms with E-state index in [4.69, 9.17) is 4.74 Å². The largest absolute Gasteiger partial charge is 0.484 e. The molecule has 0 radical (unpaired) electrons. The van der Waals surface area contributed by atoms with E-state index < -0.39 is 23.7 Å². The van der Waals surface area contributed by atoms with Crippen LogP contribution in [0.1, 0.15) is 37.4 Å². The van der Waals surface area contributed by atoms with Crippen LogP contribution in [0.4, 0.5) is 19.3 Å². The number of hydrogen-bond donors (Lipinski definition) is 4. The predicted octanol–water partition coefficient (Wildman–Crippen LogP) is 3.70. The molecule has 9 nitrogen and oxygen atoms in total. The van der Waals surface area contributed by atoms with Gasteiger partial charge < -0.3 is 20.5 Å². The summed E-state index contributed by atoms with van der Waals surface area (Å²) < 4.78 is 34.8. The summed E-state index contributed by atoms with van der Waals surface area (Å²) in [6.07, 6.45) is 3.77. The van der Waals surface area contributed by atoms with Gasteiger partial charge in [-0.2, -0.15) is 5.10 Å². The van der Waals surface area contributed by atoms with Crippen molar-refractivity contribution in [3.8, 4) is 16.9 Å². The van der Waals surface area contributed by atoms with Gasteiger partial charge in [0, 0.05) is 43.1 Å². The number of nitrogens with zero attached hydrogens (tertiary/aromatic N) is 2. The first-order valence-electron chi connectivity index (χ1n) is 12.5. The summed E-state index contributed by atoms with van der Waals surface area (Å²) in [5, 5.41) is 21.7. The molecule has 0 fully saturated rings. The van der Waals surface area contributed by atoms with E-state index in [1.165, 1.54) is 29.3 Å². The average Bonchev–Trinajstić information content (AvgIpc) is 3.55. The molecule has 4 N–H and O–H groups in total. The molecule has 2 heterocycles. The van der Waals surface area contributed by atoms with Crippen molar-refractivity contribution in [3.05, 3.63) is 65.5 Å². The number of carbonyl (C=O) groups excluding carboxylic acids is 2. The highest BCUT2D eigenvalue weighted by Gasteiger charge is 2.29. The quantitative estimate of drug-likeness (QED) is 0.321. The number of benzene rings is 2. The van der Waals surface area contributed by atoms with Crippen LogP contribution < -0.4 is 20.3 Å². The Labute approximate surface area is 219 Å². The number of H-pyrrole nitrogens is 1. The van der Waals surface area contributed by atoms with Gasteiger partial charge in [-0.05, 0) is 54.2 Å². The highest BCUT2D eigenvalue weighted by Crippen LogP contribution is 2.35. The number of urea groups is 1. The Bertz CT molecular complexity index is 1280. The van der Waals surface area contributed by atoms with Gasteiger partial charge in [-0.25, -0.2) is 13.6 Å². The van der Waals surface area contributed by atoms with Crippen molar-refractivity contribution in [2.75, 3.05) is 31.2 Å². The molecule has 2 aromatic carbocycles. The zero-order valence-electron chi connectivity index (χ0n) is 21.3. The van der Waals surface area contributed by atoms with Crippen LogP contribution in [0.15, 0.2) is 42.7 Å². The van der Waals surface area contributed by atoms with Gasteiger partial charge in [-0.15, -0.1) is 0 Å². The third kappa shape index (κ3) is 6.46. The highest BCUT2D eigenvalue weighted by atomic mass is 19.1. The number of aliphatic hydroxyl groups excluding tert-OH is 1. The second-order valence-electron chi connectivity index (χ2n) is 9.57. The normalized spacial score (nSPS) is 13.4. The third-order valence-corrected chi connectivity index (χ3v) is 6.21. The number of aliphatic hydroxyl groups is 1. The standard InChI is InChI=1S/C27H31F2N5O4/c1-16(2)12-30-26(36)15-38-21-8-18(7-20(28)10-21)24(4-6-35)33-27(37)34-5-3-17-9-22(19-13-31-32-14-19)23(29)11-25(17)34/h7-11,13-14,16,24,35H,3-6,12,15H2,1-2H3,(H,30,36)(H,31,32)(H,33,37)/t24-/m1/s1. The zero-order chi connectivity index (χ0) is 27.2. The van der Waals surface area contributed by atoms with Crippen molar-refractivity contribution in [2.24, 2.45) is 5.92 Å². The Balaban J connectivity index is 1.48. The molecule has 1 aromatic heterocycles. The summed E-state index contributed by atoms with van der Waals surface area (Å²) in [7, 11) is 0. The fourth-order valence-corrected chi connectivity index (χ4v) is 4.31. The van der Waals surface area contributed by atoms with Crippen LogP contribution in [0, 0.1) is 17.6 Å². The lowest BCUT2D eigenvalue weighted by Gasteiger charge is -2.24. The molecule has 0 unspecified atom stereocenters. The number of anilines is 1. The minimum absolute atomic E-state index is 0.109. The van der Waals surface area contributed by atoms with Gasteiger partial charge in [-0.1, -0.05) is 13.8 Å². The lowest BCUT2D eigenvalue weighted by Crippen LogP contribution is -2.41. The SMILES string of the molecule is CC(C)CNC(=O)COc1cc(F)cc([C@@H](CCO)NC(=O)N2CCc3cc(-c4cn[nH]c4)c(F)cc32)c1. The Morgan fingerprint density at radius 2 is 2.03 bits per heavy atom. The lowest BCUT2D eigenvalue weighted by molar-refractivity contribution is -0.123. The number of fused-ring (bicyclic) bond motifs is 1. The number of aromatic nitrogens is 2. The first-order chi connectivity index (χ1) is 18.2. The van der Waals surface area contributed by atoms with Crippen LogP contribution in [-0.4, -0.2) is 53.5 Å². The molecule has 1 aliphatic rings. The maximum Gasteiger partial charge on any atom is 0.322 e. The van der Waals surface area contributed by atoms with Crippen molar-refractivity contribution >= 4 is 17.6 Å². The summed E-state index contributed by atoms with van der Waals surface area (Å²) in [5.74, 6) is -1.03. The Kier molecular flexibility index (Phi) is 8.57. The maximum atomic E-state index is 14.9. The van der Waals surface area contributed by atoms with E-state index in [9.17, 15) is 23.5 Å². The molecular formula is C27H31F2N5O4. The van der Waals surface area contributed by atoms with Crippen molar-refractivity contribution < 1.29 is 28.2 Å². The zero-order valence-corrected chi connectivity index (χ0v) is 21.3. The molecule has 0 bridgehead atoms. The smallest absolute Gasteiger partial charge is 0.322 e. The Morgan fingerprint density at radius 1 is 1.21 bits per heavy atom. The van der Waals surface area contributed by atoms with E-state index in [1.807, 2.05) is 13.8 Å². The molecular weight excluding hydrogens is 496 g/mol. The van der Waals surface area contributed by atoms with Gasteiger partial charge >= 0.3 is 6.03 Å². The summed E-state index contributed by atoms with van der Waals surface area (Å²) in [5.41, 5.74) is 2.63. The minimum atomic E-state index is -0.751. The number of nitrogens with one attached hydrogen (secondary N) is 3. The number of halogens is 2. The van der Waals surface area contributed by atoms with E-state index >= 15 is 0 Å². The second kappa shape index (κ2) is 12.0. The summed E-state index contributed by atoms with van der Waals surface area (Å²) in [4.78, 5) is 26.6. The van der Waals surface area contributed by atoms with Crippen LogP contribution in [0.25, 0.3) is 11.1 Å². The fraction of sp³-hybridized carbons (Fsp3) is 0.370. The Morgan fingerprint density at radius 3 is 2.74 bits per heavy atom. The molecule has 202 valence electrons. The number of aromatic amines is 1. The molecule has 3 amide bonds. The number of hydrogen-bond acceptors (Lipinski definition) is 5. The van der Waals surface area contributed by atoms with Gasteiger partial charge in [0.05, 0.1) is 17.9 Å². The van der Waals surface area contributed by atoms with Crippen molar-refractivity contribution in [1.29, 1.82) is 0 Å². The van der Waals surface area contributed by atoms with Gasteiger partial charge in [0.25, 0.3) is 5.91 Å². The van der Waals surface area contributed by atoms with Gasteiger partial charge in [0.2, 0.25) is 0 Å². The second-order valence-corrected chi connectivity index (χ2v) is 9.57. The number of rotatable bonds is 10. The average molecular weight is 528 g/mol. The topological polar surface area (TPSA) is 120 Å². The number of carbonyl (C=O) groups is 2. The third-order valence-electron chi connectivity index (χ3n) is 6.21. The molecule has 0 spiro atoms. The van der Waals surface area contributed by atoms with Gasteiger partial charge in [0.1, 0.15) is 17.4 Å². The molecule has 1 aliphatic heterocycles. The van der Waals surface area contributed by atoms with Crippen molar-refractivity contribution in [1.82, 2.24) is 20.8 Å². The maximum absolute atomic E-state index is 14.9. The lowest BCUT2D eigenvalue weighted by atomic mass is 10.0. The highest BCUT2D eigenvalue weighted by molar-refractivity contribution is 5.95. The molecule has 3 aromatic rings. The number of amides is 3. The summed E-state index contributed by atoms with van der Waals surface area (Å²) >= 11 is 0. The van der Waals surface area contributed by atoms with Crippen LogP contribution in [0.2, 0.25) is 0 Å². The van der Waals surface area contributed by atoms with Crippen molar-refractivity contribution in [2.45, 2.75) is 32.7 Å². The molecule has 0 saturated heterocycles. The number of ether oxygens (including phenoxy) is 1. The summed E-state index contributed by atoms with van der Waals surface area (Å²) in [6, 6.07) is 5.69. The van der Waals surface area contributed by atoms with E-state index in [0.29, 0.717) is 41.9 Å². The minimum Gasteiger partial charge on any atom is -0.484 e. The van der Waals surface area contributed by atoms with E-state index in [1.54, 1.807) is 12.3 Å². The van der Waals surface area contributed by atoms with Gasteiger partial charge in [0.15, 0.2) is 6.61 Å². The van der Waals surface area contributed by atoms with E-state index in [0.717, 1.165) is 11.6 Å². The molecule has 38 heavy (non-hydrogen) atoms. The monoisotopic (exact) mass is 527 g/mol. The van der Waals surface area contributed by atoms with E-state index in [-0.39, 0.29) is 37.2 Å². The van der Waals surface area contributed by atoms with Crippen LogP contribution in [0.5, 0.6) is 5.75 Å². The van der Waals surface area contributed by atoms with Crippen LogP contribution in [-0.2, 0) is 11.2 Å². The molecule has 1 atom stereocenters.